The summed E-state index contributed by atoms with van der Waals surface area (Å²) in [5.74, 6) is 2.41. The molecule has 1 atom stereocenters. The molecule has 4 N–H and O–H groups in total. The Kier molecular flexibility index (Phi) is 10.1. The molecule has 2 aliphatic heterocycles. The molecule has 2 aliphatic rings. The van der Waals surface area contributed by atoms with E-state index in [2.05, 4.69) is 29.0 Å². The summed E-state index contributed by atoms with van der Waals surface area (Å²) in [6.45, 7) is 12.2. The SMILES string of the molecule is C1CCOC1.CNCC(O)COc1cccc(-c2nc(N)c(C)c(N3CCN(C(C)=O)C(C)(C)C3)n2)c1. The number of nitrogens with two attached hydrogens (primary N) is 1. The molecule has 0 aliphatic carbocycles. The smallest absolute Gasteiger partial charge is 0.220 e. The molecule has 37 heavy (non-hydrogen) atoms. The van der Waals surface area contributed by atoms with E-state index in [-0.39, 0.29) is 18.1 Å². The molecule has 10 heteroatoms. The normalized spacial score (nSPS) is 17.7. The number of aliphatic hydroxyl groups is 1. The first kappa shape index (κ1) is 28.6. The third-order valence-electron chi connectivity index (χ3n) is 6.54. The van der Waals surface area contributed by atoms with Gasteiger partial charge in [-0.05, 0) is 52.8 Å². The number of benzene rings is 1. The molecule has 0 saturated carbocycles. The number of nitrogens with one attached hydrogen (secondary N) is 1. The van der Waals surface area contributed by atoms with E-state index in [9.17, 15) is 9.90 Å². The fourth-order valence-corrected chi connectivity index (χ4v) is 4.60. The second-order valence-corrected chi connectivity index (χ2v) is 10.2. The van der Waals surface area contributed by atoms with Gasteiger partial charge in [-0.2, -0.15) is 0 Å². The number of nitrogens with zero attached hydrogens (tertiary/aromatic N) is 4. The molecule has 3 heterocycles. The Balaban J connectivity index is 0.000000678. The highest BCUT2D eigenvalue weighted by molar-refractivity contribution is 5.75. The molecular formula is C27H42N6O4. The van der Waals surface area contributed by atoms with Gasteiger partial charge in [-0.25, -0.2) is 9.97 Å². The van der Waals surface area contributed by atoms with E-state index in [0.717, 1.165) is 30.2 Å². The van der Waals surface area contributed by atoms with Crippen LogP contribution in [0.25, 0.3) is 11.4 Å². The minimum atomic E-state index is -0.599. The third kappa shape index (κ3) is 7.77. The number of nitrogen functional groups attached to an aromatic ring is 1. The van der Waals surface area contributed by atoms with Crippen LogP contribution in [0.3, 0.4) is 0 Å². The Morgan fingerprint density at radius 2 is 2.00 bits per heavy atom. The number of carbonyl (C=O) groups excluding carboxylic acids is 1. The van der Waals surface area contributed by atoms with Crippen LogP contribution in [-0.4, -0.2) is 90.6 Å². The van der Waals surface area contributed by atoms with Crippen molar-refractivity contribution in [2.24, 2.45) is 0 Å². The summed E-state index contributed by atoms with van der Waals surface area (Å²) in [6.07, 6.45) is 1.96. The van der Waals surface area contributed by atoms with Gasteiger partial charge in [0.05, 0.1) is 5.54 Å². The van der Waals surface area contributed by atoms with Gasteiger partial charge in [0.15, 0.2) is 5.82 Å². The quantitative estimate of drug-likeness (QED) is 0.510. The van der Waals surface area contributed by atoms with E-state index in [4.69, 9.17) is 20.2 Å². The molecule has 0 bridgehead atoms. The van der Waals surface area contributed by atoms with E-state index in [1.807, 2.05) is 36.1 Å². The molecule has 1 amide bonds. The second kappa shape index (κ2) is 13.0. The summed E-state index contributed by atoms with van der Waals surface area (Å²) in [7, 11) is 1.78. The number of hydrogen-bond acceptors (Lipinski definition) is 9. The van der Waals surface area contributed by atoms with Crippen molar-refractivity contribution in [3.8, 4) is 17.1 Å². The zero-order valence-corrected chi connectivity index (χ0v) is 22.8. The highest BCUT2D eigenvalue weighted by Crippen LogP contribution is 2.31. The summed E-state index contributed by atoms with van der Waals surface area (Å²) in [4.78, 5) is 25.4. The minimum Gasteiger partial charge on any atom is -0.491 e. The van der Waals surface area contributed by atoms with E-state index in [1.54, 1.807) is 14.0 Å². The summed E-state index contributed by atoms with van der Waals surface area (Å²) < 4.78 is 10.7. The first-order valence-electron chi connectivity index (χ1n) is 12.9. The minimum absolute atomic E-state index is 0.0749. The maximum atomic E-state index is 12.0. The largest absolute Gasteiger partial charge is 0.491 e. The van der Waals surface area contributed by atoms with Crippen molar-refractivity contribution in [2.75, 3.05) is 63.7 Å². The predicted octanol–water partition coefficient (Wildman–Crippen LogP) is 2.24. The first-order valence-corrected chi connectivity index (χ1v) is 12.9. The Hall–Kier alpha value is -2.95. The molecule has 1 unspecified atom stereocenters. The van der Waals surface area contributed by atoms with Crippen LogP contribution in [-0.2, 0) is 9.53 Å². The van der Waals surface area contributed by atoms with Crippen molar-refractivity contribution in [1.82, 2.24) is 20.2 Å². The summed E-state index contributed by atoms with van der Waals surface area (Å²) in [6, 6.07) is 7.44. The zero-order valence-electron chi connectivity index (χ0n) is 22.8. The van der Waals surface area contributed by atoms with Gasteiger partial charge in [-0.1, -0.05) is 12.1 Å². The van der Waals surface area contributed by atoms with Gasteiger partial charge >= 0.3 is 0 Å². The molecule has 4 rings (SSSR count). The number of ether oxygens (including phenoxy) is 2. The van der Waals surface area contributed by atoms with Crippen molar-refractivity contribution in [3.05, 3.63) is 29.8 Å². The number of rotatable bonds is 7. The number of anilines is 2. The van der Waals surface area contributed by atoms with Crippen LogP contribution in [0, 0.1) is 6.92 Å². The molecule has 0 radical (unpaired) electrons. The second-order valence-electron chi connectivity index (χ2n) is 10.2. The molecular weight excluding hydrogens is 472 g/mol. The van der Waals surface area contributed by atoms with Gasteiger partial charge in [-0.3, -0.25) is 4.79 Å². The third-order valence-corrected chi connectivity index (χ3v) is 6.54. The molecule has 2 aromatic rings. The van der Waals surface area contributed by atoms with Crippen molar-refractivity contribution in [3.63, 3.8) is 0 Å². The fourth-order valence-electron chi connectivity index (χ4n) is 4.60. The van der Waals surface area contributed by atoms with Gasteiger partial charge < -0.3 is 35.4 Å². The van der Waals surface area contributed by atoms with Gasteiger partial charge in [0.1, 0.15) is 30.1 Å². The Morgan fingerprint density at radius 3 is 2.59 bits per heavy atom. The van der Waals surface area contributed by atoms with Crippen LogP contribution >= 0.6 is 0 Å². The van der Waals surface area contributed by atoms with Gasteiger partial charge in [0, 0.05) is 57.4 Å². The predicted molar refractivity (Wildman–Crippen MR) is 146 cm³/mol. The van der Waals surface area contributed by atoms with Crippen molar-refractivity contribution >= 4 is 17.5 Å². The van der Waals surface area contributed by atoms with Crippen LogP contribution in [0.15, 0.2) is 24.3 Å². The number of amides is 1. The standard InChI is InChI=1S/C23H34N6O3.C4H8O/c1-15-20(24)26-21(17-7-6-8-19(11-17)32-13-18(31)12-25-5)27-22(15)28-9-10-29(16(2)30)23(3,4)14-28;1-2-4-5-3-1/h6-8,11,18,25,31H,9-10,12-14H2,1-5H3,(H2,24,26,27);1-4H2. The van der Waals surface area contributed by atoms with Gasteiger partial charge in [0.25, 0.3) is 0 Å². The van der Waals surface area contributed by atoms with Crippen LogP contribution in [0.4, 0.5) is 11.6 Å². The van der Waals surface area contributed by atoms with E-state index in [1.165, 1.54) is 12.8 Å². The highest BCUT2D eigenvalue weighted by Gasteiger charge is 2.36. The summed E-state index contributed by atoms with van der Waals surface area (Å²) >= 11 is 0. The van der Waals surface area contributed by atoms with Crippen LogP contribution in [0.5, 0.6) is 5.75 Å². The lowest BCUT2D eigenvalue weighted by Crippen LogP contribution is -2.61. The first-order chi connectivity index (χ1) is 17.6. The molecule has 0 spiro atoms. The number of likely N-dealkylation sites (N-methyl/N-ethyl adjacent to an activating group) is 1. The molecule has 10 nitrogen and oxygen atoms in total. The maximum absolute atomic E-state index is 12.0. The zero-order chi connectivity index (χ0) is 27.0. The molecule has 1 aromatic heterocycles. The number of carbonyl (C=O) groups is 1. The summed E-state index contributed by atoms with van der Waals surface area (Å²) in [5.41, 5.74) is 7.54. The number of aliphatic hydroxyl groups excluding tert-OH is 1. The lowest BCUT2D eigenvalue weighted by Gasteiger charge is -2.47. The van der Waals surface area contributed by atoms with Crippen LogP contribution < -0.4 is 20.7 Å². The molecule has 1 aromatic carbocycles. The summed E-state index contributed by atoms with van der Waals surface area (Å²) in [5, 5.41) is 12.8. The number of aromatic nitrogens is 2. The Morgan fingerprint density at radius 1 is 1.27 bits per heavy atom. The van der Waals surface area contributed by atoms with E-state index in [0.29, 0.717) is 43.6 Å². The van der Waals surface area contributed by atoms with Gasteiger partial charge in [0.2, 0.25) is 5.91 Å². The lowest BCUT2D eigenvalue weighted by atomic mass is 9.98. The number of hydrogen-bond donors (Lipinski definition) is 3. The number of piperazine rings is 1. The van der Waals surface area contributed by atoms with E-state index < -0.39 is 6.10 Å². The van der Waals surface area contributed by atoms with Crippen molar-refractivity contribution < 1.29 is 19.4 Å². The van der Waals surface area contributed by atoms with E-state index >= 15 is 0 Å². The average Bonchev–Trinajstić information content (AvgIpc) is 3.44. The monoisotopic (exact) mass is 514 g/mol. The van der Waals surface area contributed by atoms with Crippen molar-refractivity contribution in [2.45, 2.75) is 52.2 Å². The highest BCUT2D eigenvalue weighted by atomic mass is 16.5. The van der Waals surface area contributed by atoms with Crippen LogP contribution in [0.2, 0.25) is 0 Å². The van der Waals surface area contributed by atoms with Gasteiger partial charge in [-0.15, -0.1) is 0 Å². The Bertz CT molecular complexity index is 1040. The maximum Gasteiger partial charge on any atom is 0.220 e. The molecule has 204 valence electrons. The fraction of sp³-hybridized carbons (Fsp3) is 0.593. The molecule has 2 fully saturated rings. The molecule has 2 saturated heterocycles. The Labute approximate surface area is 220 Å². The lowest BCUT2D eigenvalue weighted by molar-refractivity contribution is -0.134. The topological polar surface area (TPSA) is 126 Å². The average molecular weight is 515 g/mol. The van der Waals surface area contributed by atoms with Crippen LogP contribution in [0.1, 0.15) is 39.2 Å². The van der Waals surface area contributed by atoms with Crippen molar-refractivity contribution in [1.29, 1.82) is 0 Å².